The van der Waals surface area contributed by atoms with Crippen molar-refractivity contribution in [1.82, 2.24) is 5.32 Å². The smallest absolute Gasteiger partial charge is 0.342 e. The molecule has 1 unspecified atom stereocenters. The maximum Gasteiger partial charge on any atom is 0.342 e. The Balaban J connectivity index is 2.60. The molecule has 0 aliphatic heterocycles. The summed E-state index contributed by atoms with van der Waals surface area (Å²) < 4.78 is 9.51. The summed E-state index contributed by atoms with van der Waals surface area (Å²) in [7, 11) is 1.24. The Labute approximate surface area is 141 Å². The average Bonchev–Trinajstić information content (AvgIpc) is 2.50. The second-order valence-corrected chi connectivity index (χ2v) is 5.87. The number of ether oxygens (including phenoxy) is 2. The van der Waals surface area contributed by atoms with E-state index in [1.54, 1.807) is 13.0 Å². The molecule has 132 valence electrons. The van der Waals surface area contributed by atoms with E-state index in [0.29, 0.717) is 6.42 Å². The van der Waals surface area contributed by atoms with Gasteiger partial charge in [-0.15, -0.1) is 0 Å². The summed E-state index contributed by atoms with van der Waals surface area (Å²) in [5.41, 5.74) is 0.761. The maximum absolute atomic E-state index is 11.9. The molecular weight excluding hydrogens is 314 g/mol. The summed E-state index contributed by atoms with van der Waals surface area (Å²) in [5.74, 6) is -2.04. The quantitative estimate of drug-likeness (QED) is 0.732. The first-order valence-electron chi connectivity index (χ1n) is 7.58. The molecule has 0 radical (unpaired) electrons. The van der Waals surface area contributed by atoms with Gasteiger partial charge in [-0.25, -0.2) is 9.59 Å². The molecule has 0 saturated carbocycles. The van der Waals surface area contributed by atoms with Gasteiger partial charge in [0.1, 0.15) is 17.4 Å². The second-order valence-electron chi connectivity index (χ2n) is 5.87. The van der Waals surface area contributed by atoms with Crippen molar-refractivity contribution in [2.75, 3.05) is 13.7 Å². The highest BCUT2D eigenvalue weighted by Crippen LogP contribution is 2.19. The number of rotatable bonds is 7. The Hall–Kier alpha value is -2.57. The summed E-state index contributed by atoms with van der Waals surface area (Å²) in [6.07, 6.45) is 0.408. The van der Waals surface area contributed by atoms with Gasteiger partial charge in [-0.3, -0.25) is 4.79 Å². The van der Waals surface area contributed by atoms with Crippen LogP contribution in [0, 0.1) is 12.8 Å². The van der Waals surface area contributed by atoms with Gasteiger partial charge in [-0.05, 0) is 37.0 Å². The van der Waals surface area contributed by atoms with Crippen LogP contribution in [0.1, 0.15) is 36.2 Å². The molecular formula is C17H23NO6. The number of amides is 1. The van der Waals surface area contributed by atoms with Crippen LogP contribution >= 0.6 is 0 Å². The average molecular weight is 337 g/mol. The molecule has 2 N–H and O–H groups in total. The van der Waals surface area contributed by atoms with Gasteiger partial charge in [0, 0.05) is 0 Å². The predicted octanol–water partition coefficient (Wildman–Crippen LogP) is 1.56. The number of phenolic OH excluding ortho intramolecular Hbond substituents is 1. The molecule has 1 atom stereocenters. The lowest BCUT2D eigenvalue weighted by atomic mass is 10.0. The number of hydrogen-bond acceptors (Lipinski definition) is 6. The summed E-state index contributed by atoms with van der Waals surface area (Å²) in [5, 5.41) is 12.2. The van der Waals surface area contributed by atoms with Crippen LogP contribution in [-0.4, -0.2) is 42.7 Å². The molecule has 0 saturated heterocycles. The van der Waals surface area contributed by atoms with E-state index in [-0.39, 0.29) is 17.2 Å². The number of hydrogen-bond donors (Lipinski definition) is 2. The van der Waals surface area contributed by atoms with Gasteiger partial charge in [0.25, 0.3) is 5.91 Å². The first-order valence-corrected chi connectivity index (χ1v) is 7.58. The van der Waals surface area contributed by atoms with Crippen LogP contribution in [0.2, 0.25) is 0 Å². The van der Waals surface area contributed by atoms with Gasteiger partial charge >= 0.3 is 11.9 Å². The van der Waals surface area contributed by atoms with Crippen molar-refractivity contribution in [2.24, 2.45) is 5.92 Å². The fraction of sp³-hybridized carbons (Fsp3) is 0.471. The van der Waals surface area contributed by atoms with Crippen molar-refractivity contribution in [3.8, 4) is 5.75 Å². The van der Waals surface area contributed by atoms with E-state index < -0.39 is 30.5 Å². The van der Waals surface area contributed by atoms with Crippen LogP contribution in [0.3, 0.4) is 0 Å². The maximum atomic E-state index is 11.9. The molecule has 0 aromatic heterocycles. The molecule has 1 amide bonds. The van der Waals surface area contributed by atoms with Crippen LogP contribution in [0.4, 0.5) is 0 Å². The molecule has 0 bridgehead atoms. The van der Waals surface area contributed by atoms with Crippen molar-refractivity contribution >= 4 is 17.8 Å². The molecule has 0 aliphatic carbocycles. The highest BCUT2D eigenvalue weighted by molar-refractivity contribution is 5.94. The number of nitrogens with one attached hydrogen (secondary N) is 1. The van der Waals surface area contributed by atoms with Gasteiger partial charge in [0.15, 0.2) is 6.61 Å². The highest BCUT2D eigenvalue weighted by Gasteiger charge is 2.23. The van der Waals surface area contributed by atoms with Gasteiger partial charge < -0.3 is 19.9 Å². The Kier molecular flexibility index (Phi) is 7.23. The Bertz CT molecular complexity index is 611. The van der Waals surface area contributed by atoms with Crippen molar-refractivity contribution < 1.29 is 29.0 Å². The summed E-state index contributed by atoms with van der Waals surface area (Å²) in [6, 6.07) is 3.69. The Morgan fingerprint density at radius 2 is 1.92 bits per heavy atom. The first kappa shape index (κ1) is 19.5. The Morgan fingerprint density at radius 3 is 2.46 bits per heavy atom. The van der Waals surface area contributed by atoms with E-state index in [2.05, 4.69) is 10.1 Å². The number of aryl methyl sites for hydroxylation is 1. The number of aromatic hydroxyl groups is 1. The molecule has 7 heteroatoms. The first-order chi connectivity index (χ1) is 11.2. The monoisotopic (exact) mass is 337 g/mol. The van der Waals surface area contributed by atoms with E-state index in [0.717, 1.165) is 5.56 Å². The number of esters is 2. The lowest BCUT2D eigenvalue weighted by Crippen LogP contribution is -2.44. The Morgan fingerprint density at radius 1 is 1.25 bits per heavy atom. The third-order valence-electron chi connectivity index (χ3n) is 3.24. The van der Waals surface area contributed by atoms with Crippen molar-refractivity contribution in [3.63, 3.8) is 0 Å². The normalized spacial score (nSPS) is 11.7. The molecule has 1 rings (SSSR count). The summed E-state index contributed by atoms with van der Waals surface area (Å²) >= 11 is 0. The van der Waals surface area contributed by atoms with Crippen LogP contribution < -0.4 is 5.32 Å². The largest absolute Gasteiger partial charge is 0.507 e. The lowest BCUT2D eigenvalue weighted by Gasteiger charge is -2.18. The number of carbonyl (C=O) groups is 3. The van der Waals surface area contributed by atoms with Crippen molar-refractivity contribution in [1.29, 1.82) is 0 Å². The third kappa shape index (κ3) is 5.91. The third-order valence-corrected chi connectivity index (χ3v) is 3.24. The number of benzene rings is 1. The standard InChI is InChI=1S/C17H23NO6/c1-10(2)7-13(17(22)23-4)18-15(20)9-24-16(21)12-6-5-11(3)8-14(12)19/h5-6,8,10,13,19H,7,9H2,1-4H3,(H,18,20). The van der Waals surface area contributed by atoms with Gasteiger partial charge in [0.05, 0.1) is 7.11 Å². The molecule has 0 spiro atoms. The molecule has 0 fully saturated rings. The van der Waals surface area contributed by atoms with E-state index in [9.17, 15) is 19.5 Å². The number of carbonyl (C=O) groups excluding carboxylic acids is 3. The van der Waals surface area contributed by atoms with E-state index in [1.807, 2.05) is 13.8 Å². The van der Waals surface area contributed by atoms with Crippen molar-refractivity contribution in [2.45, 2.75) is 33.2 Å². The van der Waals surface area contributed by atoms with Gasteiger partial charge in [-0.1, -0.05) is 19.9 Å². The van der Waals surface area contributed by atoms with Crippen LogP contribution in [-0.2, 0) is 19.1 Å². The van der Waals surface area contributed by atoms with Gasteiger partial charge in [0.2, 0.25) is 0 Å². The van der Waals surface area contributed by atoms with Crippen LogP contribution in [0.5, 0.6) is 5.75 Å². The summed E-state index contributed by atoms with van der Waals surface area (Å²) in [6.45, 7) is 5.02. The molecule has 1 aromatic carbocycles. The number of methoxy groups -OCH3 is 1. The number of phenols is 1. The molecule has 0 aliphatic rings. The SMILES string of the molecule is COC(=O)C(CC(C)C)NC(=O)COC(=O)c1ccc(C)cc1O. The minimum Gasteiger partial charge on any atom is -0.507 e. The second kappa shape index (κ2) is 8.90. The topological polar surface area (TPSA) is 102 Å². The van der Waals surface area contributed by atoms with Crippen LogP contribution in [0.25, 0.3) is 0 Å². The van der Waals surface area contributed by atoms with Crippen LogP contribution in [0.15, 0.2) is 18.2 Å². The van der Waals surface area contributed by atoms with E-state index in [1.165, 1.54) is 19.2 Å². The zero-order valence-corrected chi connectivity index (χ0v) is 14.3. The fourth-order valence-electron chi connectivity index (χ4n) is 2.09. The molecule has 0 heterocycles. The van der Waals surface area contributed by atoms with Crippen molar-refractivity contribution in [3.05, 3.63) is 29.3 Å². The summed E-state index contributed by atoms with van der Waals surface area (Å²) in [4.78, 5) is 35.4. The molecule has 24 heavy (non-hydrogen) atoms. The minimum absolute atomic E-state index is 0.0277. The highest BCUT2D eigenvalue weighted by atomic mass is 16.5. The fourth-order valence-corrected chi connectivity index (χ4v) is 2.09. The minimum atomic E-state index is -0.818. The predicted molar refractivity (Wildman–Crippen MR) is 86.5 cm³/mol. The van der Waals surface area contributed by atoms with E-state index in [4.69, 9.17) is 4.74 Å². The lowest BCUT2D eigenvalue weighted by molar-refractivity contribution is -0.145. The van der Waals surface area contributed by atoms with E-state index >= 15 is 0 Å². The zero-order chi connectivity index (χ0) is 18.3. The zero-order valence-electron chi connectivity index (χ0n) is 14.3. The van der Waals surface area contributed by atoms with Gasteiger partial charge in [-0.2, -0.15) is 0 Å². The molecule has 1 aromatic rings. The molecule has 7 nitrogen and oxygen atoms in total.